The van der Waals surface area contributed by atoms with Gasteiger partial charge < -0.3 is 9.88 Å². The third kappa shape index (κ3) is 3.63. The Morgan fingerprint density at radius 3 is 2.65 bits per heavy atom. The molecular formula is C15H23N5. The Hall–Kier alpha value is -1.75. The zero-order valence-electron chi connectivity index (χ0n) is 12.7. The second-order valence-corrected chi connectivity index (χ2v) is 5.71. The molecule has 0 atom stereocenters. The lowest BCUT2D eigenvalue weighted by Crippen LogP contribution is -2.21. The monoisotopic (exact) mass is 273 g/mol. The lowest BCUT2D eigenvalue weighted by Gasteiger charge is -2.13. The standard InChI is InChI=1S/C15H23N5/c1-11(2)7-17-8-13-14(20-6-5-16-10-20)9-18-15(19-13)12(3)4/h5-6,9-12,17H,7-8H2,1-4H3. The average molecular weight is 273 g/mol. The lowest BCUT2D eigenvalue weighted by molar-refractivity contribution is 0.545. The summed E-state index contributed by atoms with van der Waals surface area (Å²) < 4.78 is 1.95. The van der Waals surface area contributed by atoms with E-state index in [0.29, 0.717) is 11.8 Å². The van der Waals surface area contributed by atoms with Gasteiger partial charge in [0.1, 0.15) is 5.82 Å². The third-order valence-electron chi connectivity index (χ3n) is 3.01. The van der Waals surface area contributed by atoms with Crippen molar-refractivity contribution in [3.63, 3.8) is 0 Å². The summed E-state index contributed by atoms with van der Waals surface area (Å²) >= 11 is 0. The Bertz CT molecular complexity index is 531. The van der Waals surface area contributed by atoms with Crippen LogP contribution < -0.4 is 5.32 Å². The van der Waals surface area contributed by atoms with Crippen LogP contribution in [0.3, 0.4) is 0 Å². The van der Waals surface area contributed by atoms with Crippen LogP contribution in [0.25, 0.3) is 5.69 Å². The van der Waals surface area contributed by atoms with Gasteiger partial charge >= 0.3 is 0 Å². The number of hydrogen-bond acceptors (Lipinski definition) is 4. The number of rotatable bonds is 6. The molecule has 0 saturated heterocycles. The van der Waals surface area contributed by atoms with Gasteiger partial charge in [-0.2, -0.15) is 0 Å². The first-order valence-corrected chi connectivity index (χ1v) is 7.12. The van der Waals surface area contributed by atoms with Gasteiger partial charge in [0, 0.05) is 24.9 Å². The van der Waals surface area contributed by atoms with Crippen molar-refractivity contribution in [3.05, 3.63) is 36.4 Å². The molecule has 1 N–H and O–H groups in total. The molecule has 108 valence electrons. The second-order valence-electron chi connectivity index (χ2n) is 5.71. The van der Waals surface area contributed by atoms with Crippen LogP contribution in [0.1, 0.15) is 45.1 Å². The minimum atomic E-state index is 0.329. The molecular weight excluding hydrogens is 250 g/mol. The Balaban J connectivity index is 2.26. The smallest absolute Gasteiger partial charge is 0.131 e. The molecule has 2 heterocycles. The highest BCUT2D eigenvalue weighted by Gasteiger charge is 2.11. The van der Waals surface area contributed by atoms with Crippen molar-refractivity contribution in [1.82, 2.24) is 24.8 Å². The molecule has 0 bridgehead atoms. The molecule has 0 aromatic carbocycles. The molecule has 2 aromatic heterocycles. The first-order valence-electron chi connectivity index (χ1n) is 7.12. The number of nitrogens with one attached hydrogen (secondary N) is 1. The average Bonchev–Trinajstić information content (AvgIpc) is 2.91. The maximum atomic E-state index is 4.70. The van der Waals surface area contributed by atoms with Gasteiger partial charge in [-0.25, -0.2) is 15.0 Å². The van der Waals surface area contributed by atoms with Crippen LogP contribution in [-0.2, 0) is 6.54 Å². The van der Waals surface area contributed by atoms with Crippen LogP contribution in [0.15, 0.2) is 24.9 Å². The summed E-state index contributed by atoms with van der Waals surface area (Å²) in [7, 11) is 0. The van der Waals surface area contributed by atoms with Gasteiger partial charge in [0.05, 0.1) is 23.9 Å². The first-order chi connectivity index (χ1) is 9.58. The summed E-state index contributed by atoms with van der Waals surface area (Å²) in [4.78, 5) is 13.2. The maximum Gasteiger partial charge on any atom is 0.131 e. The van der Waals surface area contributed by atoms with Crippen molar-refractivity contribution >= 4 is 0 Å². The largest absolute Gasteiger partial charge is 0.311 e. The molecule has 0 aliphatic rings. The van der Waals surface area contributed by atoms with Gasteiger partial charge in [0.15, 0.2) is 0 Å². The molecule has 0 saturated carbocycles. The van der Waals surface area contributed by atoms with Gasteiger partial charge in [-0.3, -0.25) is 0 Å². The molecule has 5 heteroatoms. The minimum Gasteiger partial charge on any atom is -0.311 e. The van der Waals surface area contributed by atoms with Gasteiger partial charge in [0.2, 0.25) is 0 Å². The summed E-state index contributed by atoms with van der Waals surface area (Å²) in [6, 6.07) is 0. The predicted molar refractivity (Wildman–Crippen MR) is 79.8 cm³/mol. The molecule has 0 fully saturated rings. The molecule has 0 unspecified atom stereocenters. The van der Waals surface area contributed by atoms with Crippen molar-refractivity contribution < 1.29 is 0 Å². The van der Waals surface area contributed by atoms with E-state index in [1.54, 1.807) is 12.5 Å². The van der Waals surface area contributed by atoms with Crippen LogP contribution in [0.4, 0.5) is 0 Å². The van der Waals surface area contributed by atoms with Crippen molar-refractivity contribution in [3.8, 4) is 5.69 Å². The van der Waals surface area contributed by atoms with E-state index >= 15 is 0 Å². The van der Waals surface area contributed by atoms with E-state index in [4.69, 9.17) is 4.98 Å². The predicted octanol–water partition coefficient (Wildman–Crippen LogP) is 2.53. The fourth-order valence-corrected chi connectivity index (χ4v) is 1.93. The molecule has 0 aliphatic heterocycles. The zero-order chi connectivity index (χ0) is 14.5. The van der Waals surface area contributed by atoms with E-state index in [9.17, 15) is 0 Å². The van der Waals surface area contributed by atoms with E-state index < -0.39 is 0 Å². The van der Waals surface area contributed by atoms with E-state index in [1.165, 1.54) is 0 Å². The van der Waals surface area contributed by atoms with Gasteiger partial charge in [-0.05, 0) is 12.5 Å². The topological polar surface area (TPSA) is 55.6 Å². The summed E-state index contributed by atoms with van der Waals surface area (Å²) in [5.74, 6) is 1.84. The summed E-state index contributed by atoms with van der Waals surface area (Å²) in [6.07, 6.45) is 7.34. The van der Waals surface area contributed by atoms with Crippen molar-refractivity contribution in [2.75, 3.05) is 6.54 Å². The quantitative estimate of drug-likeness (QED) is 0.878. The number of imidazole rings is 1. The molecule has 2 rings (SSSR count). The normalized spacial score (nSPS) is 11.5. The first kappa shape index (κ1) is 14.7. The Morgan fingerprint density at radius 2 is 2.05 bits per heavy atom. The van der Waals surface area contributed by atoms with Crippen LogP contribution in [0, 0.1) is 5.92 Å². The Morgan fingerprint density at radius 1 is 1.25 bits per heavy atom. The van der Waals surface area contributed by atoms with Crippen molar-refractivity contribution in [2.45, 2.75) is 40.2 Å². The fourth-order valence-electron chi connectivity index (χ4n) is 1.93. The van der Waals surface area contributed by atoms with Gasteiger partial charge in [-0.1, -0.05) is 27.7 Å². The van der Waals surface area contributed by atoms with Crippen molar-refractivity contribution in [2.24, 2.45) is 5.92 Å². The zero-order valence-corrected chi connectivity index (χ0v) is 12.7. The van der Waals surface area contributed by atoms with Crippen LogP contribution >= 0.6 is 0 Å². The van der Waals surface area contributed by atoms with Crippen LogP contribution in [-0.4, -0.2) is 26.1 Å². The Kier molecular flexibility index (Phi) is 4.84. The highest BCUT2D eigenvalue weighted by atomic mass is 15.1. The molecule has 20 heavy (non-hydrogen) atoms. The van der Waals surface area contributed by atoms with Crippen LogP contribution in [0.5, 0.6) is 0 Å². The molecule has 0 radical (unpaired) electrons. The molecule has 5 nitrogen and oxygen atoms in total. The number of nitrogens with zero attached hydrogens (tertiary/aromatic N) is 4. The van der Waals surface area contributed by atoms with Gasteiger partial charge in [-0.15, -0.1) is 0 Å². The Labute approximate surface area is 120 Å². The number of hydrogen-bond donors (Lipinski definition) is 1. The highest BCUT2D eigenvalue weighted by Crippen LogP contribution is 2.15. The maximum absolute atomic E-state index is 4.70. The lowest BCUT2D eigenvalue weighted by atomic mass is 10.2. The number of aromatic nitrogens is 4. The van der Waals surface area contributed by atoms with E-state index in [-0.39, 0.29) is 0 Å². The van der Waals surface area contributed by atoms with Crippen molar-refractivity contribution in [1.29, 1.82) is 0 Å². The summed E-state index contributed by atoms with van der Waals surface area (Å²) in [5.41, 5.74) is 2.01. The van der Waals surface area contributed by atoms with Gasteiger partial charge in [0.25, 0.3) is 0 Å². The third-order valence-corrected chi connectivity index (χ3v) is 3.01. The summed E-state index contributed by atoms with van der Waals surface area (Å²) in [5, 5.41) is 3.45. The second kappa shape index (κ2) is 6.61. The molecule has 0 amide bonds. The van der Waals surface area contributed by atoms with Crippen LogP contribution in [0.2, 0.25) is 0 Å². The fraction of sp³-hybridized carbons (Fsp3) is 0.533. The molecule has 2 aromatic rings. The molecule has 0 spiro atoms. The van der Waals surface area contributed by atoms with E-state index in [0.717, 1.165) is 30.3 Å². The highest BCUT2D eigenvalue weighted by molar-refractivity contribution is 5.34. The minimum absolute atomic E-state index is 0.329. The summed E-state index contributed by atoms with van der Waals surface area (Å²) in [6.45, 7) is 10.3. The van der Waals surface area contributed by atoms with E-state index in [2.05, 4.69) is 43.0 Å². The molecule has 0 aliphatic carbocycles. The SMILES string of the molecule is CC(C)CNCc1nc(C(C)C)ncc1-n1ccnc1. The van der Waals surface area contributed by atoms with E-state index in [1.807, 2.05) is 17.0 Å².